The van der Waals surface area contributed by atoms with E-state index in [0.29, 0.717) is 41.6 Å². The molecular weight excluding hydrogens is 530 g/mol. The van der Waals surface area contributed by atoms with E-state index in [2.05, 4.69) is 9.97 Å². The minimum Gasteiger partial charge on any atom is -0.390 e. The Labute approximate surface area is 233 Å². The van der Waals surface area contributed by atoms with Gasteiger partial charge in [-0.3, -0.25) is 9.59 Å². The van der Waals surface area contributed by atoms with E-state index in [1.54, 1.807) is 39.0 Å². The molecule has 2 aromatic carbocycles. The van der Waals surface area contributed by atoms with Gasteiger partial charge in [0.05, 0.1) is 33.5 Å². The lowest BCUT2D eigenvalue weighted by Gasteiger charge is -2.34. The van der Waals surface area contributed by atoms with Gasteiger partial charge in [-0.25, -0.2) is 18.1 Å². The third-order valence-corrected chi connectivity index (χ3v) is 8.72. The summed E-state index contributed by atoms with van der Waals surface area (Å²) in [5, 5.41) is 10.7. The molecule has 3 atom stereocenters. The molecule has 5 N–H and O–H groups in total. The molecule has 212 valence electrons. The van der Waals surface area contributed by atoms with Gasteiger partial charge in [0.2, 0.25) is 0 Å². The number of nitrogens with two attached hydrogens (primary N) is 1. The number of aliphatic hydroxyl groups is 1. The zero-order valence-electron chi connectivity index (χ0n) is 22.8. The Morgan fingerprint density at radius 1 is 1.15 bits per heavy atom. The molecule has 1 amide bonds. The van der Waals surface area contributed by atoms with Crippen LogP contribution in [0.15, 0.2) is 52.1 Å². The van der Waals surface area contributed by atoms with Gasteiger partial charge in [0.25, 0.3) is 11.5 Å². The van der Waals surface area contributed by atoms with Gasteiger partial charge in [-0.05, 0) is 92.5 Å². The predicted molar refractivity (Wildman–Crippen MR) is 151 cm³/mol. The lowest BCUT2D eigenvalue weighted by atomic mass is 9.73. The molecule has 2 aliphatic rings. The third kappa shape index (κ3) is 4.16. The average Bonchev–Trinajstić information content (AvgIpc) is 3.28. The van der Waals surface area contributed by atoms with Crippen molar-refractivity contribution in [2.45, 2.75) is 57.7 Å². The number of benzene rings is 2. The van der Waals surface area contributed by atoms with Crippen molar-refractivity contribution in [2.75, 3.05) is 0 Å². The summed E-state index contributed by atoms with van der Waals surface area (Å²) < 4.78 is 31.4. The van der Waals surface area contributed by atoms with Gasteiger partial charge in [-0.2, -0.15) is 0 Å². The van der Waals surface area contributed by atoms with E-state index in [0.717, 1.165) is 21.9 Å². The first-order chi connectivity index (χ1) is 19.4. The summed E-state index contributed by atoms with van der Waals surface area (Å²) in [4.78, 5) is 44.6. The summed E-state index contributed by atoms with van der Waals surface area (Å²) in [7, 11) is 0. The van der Waals surface area contributed by atoms with Crippen LogP contribution in [-0.4, -0.2) is 37.3 Å². The summed E-state index contributed by atoms with van der Waals surface area (Å²) in [5.41, 5.74) is 7.19. The molecule has 0 saturated carbocycles. The van der Waals surface area contributed by atoms with Gasteiger partial charge in [-0.15, -0.1) is 0 Å². The second-order valence-corrected chi connectivity index (χ2v) is 11.6. The summed E-state index contributed by atoms with van der Waals surface area (Å²) in [6, 6.07) is 8.95. The van der Waals surface area contributed by atoms with Crippen LogP contribution in [0.1, 0.15) is 59.8 Å². The van der Waals surface area contributed by atoms with E-state index in [1.807, 2.05) is 0 Å². The van der Waals surface area contributed by atoms with Gasteiger partial charge in [0, 0.05) is 11.6 Å². The first-order valence-corrected chi connectivity index (χ1v) is 13.5. The largest absolute Gasteiger partial charge is 0.390 e. The molecule has 41 heavy (non-hydrogen) atoms. The molecular formula is C31H30F2N4O4. The quantitative estimate of drug-likeness (QED) is 0.303. The standard InChI is InChI=1S/C31H30F2N4O4/c1-14-16(6-5-9-23(14)37-29(39)18-7-4-8-20(32)26(18)36-30(37)40)24-21(33)13-19(28(34)38)27-25(24)17-11-10-15(31(2,3)41)12-22(17)35-27/h4-9,13,15,21,24,35,41H,10-12H2,1-3H3,(H2,34,38)(H,36,40). The summed E-state index contributed by atoms with van der Waals surface area (Å²) >= 11 is 0. The molecule has 6 rings (SSSR count). The number of hydrogen-bond acceptors (Lipinski definition) is 4. The maximum atomic E-state index is 16.1. The normalized spacial score (nSPS) is 20.4. The summed E-state index contributed by atoms with van der Waals surface area (Å²) in [6.45, 7) is 5.23. The lowest BCUT2D eigenvalue weighted by molar-refractivity contribution is -0.112. The Bertz CT molecular complexity index is 1890. The molecule has 8 nitrogen and oxygen atoms in total. The van der Waals surface area contributed by atoms with Crippen LogP contribution in [0, 0.1) is 18.7 Å². The van der Waals surface area contributed by atoms with E-state index in [-0.39, 0.29) is 28.1 Å². The SMILES string of the molecule is Cc1c(C2c3c([nH]c4c3CCC(C(C)(C)O)C4)C(C(N)=O)=CC2F)cccc1-n1c(=O)[nH]c2c(F)cccc2c1=O. The molecule has 0 bridgehead atoms. The highest BCUT2D eigenvalue weighted by Crippen LogP contribution is 2.47. The van der Waals surface area contributed by atoms with E-state index < -0.39 is 40.7 Å². The maximum absolute atomic E-state index is 16.1. The fourth-order valence-electron chi connectivity index (χ4n) is 6.57. The number of aromatic amines is 2. The smallest absolute Gasteiger partial charge is 0.333 e. The summed E-state index contributed by atoms with van der Waals surface area (Å²) in [5.74, 6) is -2.35. The topological polar surface area (TPSA) is 134 Å². The Kier molecular flexibility index (Phi) is 6.15. The number of para-hydroxylation sites is 1. The zero-order valence-corrected chi connectivity index (χ0v) is 22.8. The molecule has 0 aliphatic heterocycles. The van der Waals surface area contributed by atoms with E-state index in [9.17, 15) is 23.9 Å². The highest BCUT2D eigenvalue weighted by molar-refractivity contribution is 6.19. The van der Waals surface area contributed by atoms with Crippen molar-refractivity contribution in [3.63, 3.8) is 0 Å². The van der Waals surface area contributed by atoms with Crippen molar-refractivity contribution in [1.29, 1.82) is 0 Å². The number of primary amides is 1. The van der Waals surface area contributed by atoms with Crippen molar-refractivity contribution in [3.05, 3.63) is 103 Å². The van der Waals surface area contributed by atoms with Crippen molar-refractivity contribution < 1.29 is 18.7 Å². The van der Waals surface area contributed by atoms with Crippen LogP contribution in [0.5, 0.6) is 0 Å². The molecule has 0 radical (unpaired) electrons. The Morgan fingerprint density at radius 3 is 2.59 bits per heavy atom. The van der Waals surface area contributed by atoms with Gasteiger partial charge in [0.15, 0.2) is 0 Å². The second kappa shape index (κ2) is 9.37. The van der Waals surface area contributed by atoms with Gasteiger partial charge < -0.3 is 20.8 Å². The molecule has 0 spiro atoms. The zero-order chi connectivity index (χ0) is 29.4. The number of H-pyrrole nitrogens is 2. The molecule has 0 saturated heterocycles. The number of alkyl halides is 1. The average molecular weight is 561 g/mol. The van der Waals surface area contributed by atoms with Crippen LogP contribution in [0.4, 0.5) is 8.78 Å². The lowest BCUT2D eigenvalue weighted by Crippen LogP contribution is -2.35. The fraction of sp³-hybridized carbons (Fsp3) is 0.323. The van der Waals surface area contributed by atoms with Crippen LogP contribution < -0.4 is 17.0 Å². The number of amides is 1. The number of nitrogens with zero attached hydrogens (tertiary/aromatic N) is 1. The molecule has 4 aromatic rings. The van der Waals surface area contributed by atoms with Crippen molar-refractivity contribution in [3.8, 4) is 5.69 Å². The molecule has 2 aromatic heterocycles. The molecule has 2 heterocycles. The minimum atomic E-state index is -1.62. The van der Waals surface area contributed by atoms with Crippen molar-refractivity contribution in [2.24, 2.45) is 11.7 Å². The van der Waals surface area contributed by atoms with Gasteiger partial charge in [0.1, 0.15) is 12.0 Å². The Morgan fingerprint density at radius 2 is 1.88 bits per heavy atom. The predicted octanol–water partition coefficient (Wildman–Crippen LogP) is 3.68. The van der Waals surface area contributed by atoms with Crippen LogP contribution in [0.3, 0.4) is 0 Å². The van der Waals surface area contributed by atoms with Crippen LogP contribution in [-0.2, 0) is 17.6 Å². The van der Waals surface area contributed by atoms with Crippen LogP contribution >= 0.6 is 0 Å². The number of carbonyl (C=O) groups excluding carboxylic acids is 1. The molecule has 3 unspecified atom stereocenters. The van der Waals surface area contributed by atoms with Crippen molar-refractivity contribution in [1.82, 2.24) is 14.5 Å². The molecule has 0 fully saturated rings. The third-order valence-electron chi connectivity index (χ3n) is 8.72. The fourth-order valence-corrected chi connectivity index (χ4v) is 6.57. The minimum absolute atomic E-state index is 0.00724. The van der Waals surface area contributed by atoms with Gasteiger partial charge >= 0.3 is 5.69 Å². The van der Waals surface area contributed by atoms with Gasteiger partial charge in [-0.1, -0.05) is 18.2 Å². The number of nitrogens with one attached hydrogen (secondary N) is 2. The second-order valence-electron chi connectivity index (χ2n) is 11.6. The Hall–Kier alpha value is -4.31. The number of carbonyl (C=O) groups is 1. The monoisotopic (exact) mass is 560 g/mol. The highest BCUT2D eigenvalue weighted by atomic mass is 19.1. The van der Waals surface area contributed by atoms with E-state index in [4.69, 9.17) is 5.73 Å². The first-order valence-electron chi connectivity index (χ1n) is 13.5. The highest BCUT2D eigenvalue weighted by Gasteiger charge is 2.41. The number of hydrogen-bond donors (Lipinski definition) is 4. The number of allylic oxidation sites excluding steroid dienone is 1. The molecule has 10 heteroatoms. The van der Waals surface area contributed by atoms with Crippen molar-refractivity contribution >= 4 is 22.4 Å². The van der Waals surface area contributed by atoms with E-state index in [1.165, 1.54) is 18.2 Å². The Balaban J connectivity index is 1.55. The first kappa shape index (κ1) is 26.9. The number of aromatic nitrogens is 3. The number of halogens is 2. The number of fused-ring (bicyclic) bond motifs is 4. The van der Waals surface area contributed by atoms with Crippen LogP contribution in [0.25, 0.3) is 22.2 Å². The number of rotatable bonds is 4. The van der Waals surface area contributed by atoms with Crippen LogP contribution in [0.2, 0.25) is 0 Å². The summed E-state index contributed by atoms with van der Waals surface area (Å²) in [6.07, 6.45) is 1.37. The van der Waals surface area contributed by atoms with E-state index >= 15 is 4.39 Å². The molecule has 2 aliphatic carbocycles. The maximum Gasteiger partial charge on any atom is 0.333 e.